The minimum Gasteiger partial charge on any atom is -0.496 e. The van der Waals surface area contributed by atoms with Crippen molar-refractivity contribution in [3.63, 3.8) is 0 Å². The predicted octanol–water partition coefficient (Wildman–Crippen LogP) is 3.91. The number of methoxy groups -OCH3 is 4. The van der Waals surface area contributed by atoms with Gasteiger partial charge < -0.3 is 28.0 Å². The van der Waals surface area contributed by atoms with Crippen molar-refractivity contribution in [2.45, 2.75) is 11.4 Å². The van der Waals surface area contributed by atoms with Gasteiger partial charge in [-0.1, -0.05) is 18.2 Å². The molecule has 3 rings (SSSR count). The lowest BCUT2D eigenvalue weighted by molar-refractivity contribution is 0.0673. The number of nitrogens with zero attached hydrogens (tertiary/aromatic N) is 1. The molecule has 0 spiro atoms. The van der Waals surface area contributed by atoms with Gasteiger partial charge in [0.1, 0.15) is 27.7 Å². The zero-order chi connectivity index (χ0) is 27.0. The minimum atomic E-state index is -4.33. The molecule has 0 saturated heterocycles. The number of halogens is 1. The first kappa shape index (κ1) is 27.8. The normalized spacial score (nSPS) is 11.1. The van der Waals surface area contributed by atoms with Crippen molar-refractivity contribution in [1.29, 1.82) is 0 Å². The number of amides is 1. The molecule has 3 aromatic rings. The predicted molar refractivity (Wildman–Crippen MR) is 133 cm³/mol. The molecular weight excluding hydrogens is 505 g/mol. The van der Waals surface area contributed by atoms with E-state index in [1.165, 1.54) is 57.6 Å². The lowest BCUT2D eigenvalue weighted by atomic mass is 10.1. The Kier molecular flexibility index (Phi) is 9.31. The first-order valence-electron chi connectivity index (χ1n) is 11.1. The summed E-state index contributed by atoms with van der Waals surface area (Å²) in [6, 6.07) is 14.5. The average Bonchev–Trinajstić information content (AvgIpc) is 2.89. The van der Waals surface area contributed by atoms with E-state index in [-0.39, 0.29) is 47.6 Å². The van der Waals surface area contributed by atoms with Gasteiger partial charge in [-0.05, 0) is 48.0 Å². The van der Waals surface area contributed by atoms with Crippen molar-refractivity contribution in [3.05, 3.63) is 77.6 Å². The van der Waals surface area contributed by atoms with Crippen molar-refractivity contribution >= 4 is 16.0 Å². The van der Waals surface area contributed by atoms with Crippen molar-refractivity contribution in [2.75, 3.05) is 41.6 Å². The van der Waals surface area contributed by atoms with E-state index < -0.39 is 15.9 Å². The Morgan fingerprint density at radius 1 is 0.865 bits per heavy atom. The fourth-order valence-corrected chi connectivity index (χ4v) is 4.50. The summed E-state index contributed by atoms with van der Waals surface area (Å²) in [5.74, 6) is -0.585. The Hall–Kier alpha value is -3.83. The third-order valence-corrected chi connectivity index (χ3v) is 6.63. The number of hydrogen-bond acceptors (Lipinski definition) is 8. The highest BCUT2D eigenvalue weighted by Crippen LogP contribution is 2.30. The van der Waals surface area contributed by atoms with E-state index in [2.05, 4.69) is 0 Å². The average molecular weight is 534 g/mol. The molecule has 0 radical (unpaired) electrons. The van der Waals surface area contributed by atoms with Gasteiger partial charge in [-0.3, -0.25) is 4.79 Å². The Morgan fingerprint density at radius 3 is 2.11 bits per heavy atom. The molecule has 0 atom stereocenters. The Morgan fingerprint density at radius 2 is 1.51 bits per heavy atom. The topological polar surface area (TPSA) is 101 Å². The highest BCUT2D eigenvalue weighted by Gasteiger charge is 2.25. The van der Waals surface area contributed by atoms with Crippen LogP contribution in [-0.2, 0) is 21.4 Å². The van der Waals surface area contributed by atoms with E-state index in [0.29, 0.717) is 17.1 Å². The molecular formula is C26H28FNO8S. The number of ether oxygens (including phenoxy) is 4. The molecule has 0 heterocycles. The van der Waals surface area contributed by atoms with Gasteiger partial charge in [0.25, 0.3) is 5.91 Å². The molecule has 0 aliphatic rings. The van der Waals surface area contributed by atoms with Crippen LogP contribution in [0, 0.1) is 5.82 Å². The van der Waals surface area contributed by atoms with Crippen LogP contribution < -0.4 is 18.4 Å². The molecule has 0 aromatic heterocycles. The molecule has 198 valence electrons. The van der Waals surface area contributed by atoms with Gasteiger partial charge in [-0.15, -0.1) is 0 Å². The summed E-state index contributed by atoms with van der Waals surface area (Å²) in [4.78, 5) is 14.7. The highest BCUT2D eigenvalue weighted by atomic mass is 32.2. The smallest absolute Gasteiger partial charge is 0.339 e. The second-order valence-corrected chi connectivity index (χ2v) is 9.28. The van der Waals surface area contributed by atoms with E-state index in [1.807, 2.05) is 0 Å². The number of rotatable bonds is 12. The summed E-state index contributed by atoms with van der Waals surface area (Å²) in [6.07, 6.45) is 0. The van der Waals surface area contributed by atoms with E-state index >= 15 is 0 Å². The molecule has 0 fully saturated rings. The second kappa shape index (κ2) is 12.4. The van der Waals surface area contributed by atoms with Gasteiger partial charge in [-0.25, -0.2) is 4.39 Å². The van der Waals surface area contributed by atoms with Crippen LogP contribution >= 0.6 is 0 Å². The molecule has 11 heteroatoms. The van der Waals surface area contributed by atoms with Crippen molar-refractivity contribution in [3.8, 4) is 23.0 Å². The number of carbonyl (C=O) groups excluding carboxylic acids is 1. The van der Waals surface area contributed by atoms with Gasteiger partial charge in [0.2, 0.25) is 0 Å². The quantitative estimate of drug-likeness (QED) is 0.323. The van der Waals surface area contributed by atoms with Crippen molar-refractivity contribution in [2.24, 2.45) is 0 Å². The first-order valence-corrected chi connectivity index (χ1v) is 12.5. The molecule has 0 aliphatic carbocycles. The zero-order valence-corrected chi connectivity index (χ0v) is 21.7. The van der Waals surface area contributed by atoms with Crippen LogP contribution in [0.3, 0.4) is 0 Å². The lowest BCUT2D eigenvalue weighted by Gasteiger charge is -2.24. The fourth-order valence-electron chi connectivity index (χ4n) is 3.57. The fraction of sp³-hybridized carbons (Fsp3) is 0.269. The standard InChI is InChI=1S/C26H28FNO8S/c1-32-14-13-28(26(29)25-23(34-3)9-6-10-24(25)35-4)17-18-7-5-8-19(15-18)36-37(30,31)20-11-12-22(33-2)21(27)16-20/h5-12,15-16H,13-14,17H2,1-4H3. The lowest BCUT2D eigenvalue weighted by Crippen LogP contribution is -2.34. The molecule has 0 aliphatic heterocycles. The molecule has 1 amide bonds. The van der Waals surface area contributed by atoms with Gasteiger partial charge in [0, 0.05) is 20.2 Å². The third-order valence-electron chi connectivity index (χ3n) is 5.38. The van der Waals surface area contributed by atoms with Gasteiger partial charge in [0.15, 0.2) is 11.6 Å². The Balaban J connectivity index is 1.87. The SMILES string of the molecule is COCCN(Cc1cccc(OS(=O)(=O)c2ccc(OC)c(F)c2)c1)C(=O)c1c(OC)cccc1OC. The summed E-state index contributed by atoms with van der Waals surface area (Å²) < 4.78 is 65.5. The van der Waals surface area contributed by atoms with Crippen LogP contribution in [0.1, 0.15) is 15.9 Å². The molecule has 0 saturated carbocycles. The number of benzene rings is 3. The largest absolute Gasteiger partial charge is 0.496 e. The van der Waals surface area contributed by atoms with E-state index in [4.69, 9.17) is 23.1 Å². The van der Waals surface area contributed by atoms with E-state index in [9.17, 15) is 17.6 Å². The van der Waals surface area contributed by atoms with Crippen LogP contribution in [0.5, 0.6) is 23.0 Å². The van der Waals surface area contributed by atoms with Crippen LogP contribution in [0.15, 0.2) is 65.6 Å². The van der Waals surface area contributed by atoms with Crippen LogP contribution in [0.4, 0.5) is 4.39 Å². The minimum absolute atomic E-state index is 0.00254. The van der Waals surface area contributed by atoms with Crippen molar-refractivity contribution < 1.29 is 40.7 Å². The monoisotopic (exact) mass is 533 g/mol. The molecule has 3 aromatic carbocycles. The van der Waals surface area contributed by atoms with Crippen LogP contribution in [-0.4, -0.2) is 60.8 Å². The number of hydrogen-bond donors (Lipinski definition) is 0. The van der Waals surface area contributed by atoms with Gasteiger partial charge in [0.05, 0.1) is 27.9 Å². The highest BCUT2D eigenvalue weighted by molar-refractivity contribution is 7.87. The maximum absolute atomic E-state index is 14.0. The summed E-state index contributed by atoms with van der Waals surface area (Å²) >= 11 is 0. The van der Waals surface area contributed by atoms with E-state index in [1.54, 1.807) is 30.3 Å². The first-order chi connectivity index (χ1) is 17.7. The zero-order valence-electron chi connectivity index (χ0n) is 20.9. The van der Waals surface area contributed by atoms with Gasteiger partial charge >= 0.3 is 10.1 Å². The molecule has 0 N–H and O–H groups in total. The summed E-state index contributed by atoms with van der Waals surface area (Å²) in [7, 11) is 1.39. The third kappa shape index (κ3) is 6.69. The second-order valence-electron chi connectivity index (χ2n) is 7.74. The summed E-state index contributed by atoms with van der Waals surface area (Å²) in [6.45, 7) is 0.611. The summed E-state index contributed by atoms with van der Waals surface area (Å²) in [5, 5.41) is 0. The Bertz CT molecular complexity index is 1320. The number of carbonyl (C=O) groups is 1. The molecule has 0 unspecified atom stereocenters. The molecule has 9 nitrogen and oxygen atoms in total. The van der Waals surface area contributed by atoms with Gasteiger partial charge in [-0.2, -0.15) is 8.42 Å². The Labute approximate surface area is 215 Å². The maximum atomic E-state index is 14.0. The molecule has 0 bridgehead atoms. The van der Waals surface area contributed by atoms with E-state index in [0.717, 1.165) is 6.07 Å². The summed E-state index contributed by atoms with van der Waals surface area (Å²) in [5.41, 5.74) is 0.840. The molecule has 37 heavy (non-hydrogen) atoms. The van der Waals surface area contributed by atoms with Crippen LogP contribution in [0.25, 0.3) is 0 Å². The van der Waals surface area contributed by atoms with Crippen LogP contribution in [0.2, 0.25) is 0 Å². The van der Waals surface area contributed by atoms with Crippen molar-refractivity contribution in [1.82, 2.24) is 4.90 Å². The maximum Gasteiger partial charge on any atom is 0.339 e.